The molecule has 1 aromatic rings. The largest absolute Gasteiger partial charge is 0.373 e. The normalized spacial score (nSPS) is 10.7. The van der Waals surface area contributed by atoms with E-state index in [4.69, 9.17) is 17.3 Å². The van der Waals surface area contributed by atoms with E-state index in [2.05, 4.69) is 4.98 Å². The highest BCUT2D eigenvalue weighted by Crippen LogP contribution is 2.35. The van der Waals surface area contributed by atoms with Crippen LogP contribution in [0.4, 0.5) is 14.6 Å². The summed E-state index contributed by atoms with van der Waals surface area (Å²) in [6.07, 6.45) is -2.04. The van der Waals surface area contributed by atoms with E-state index in [9.17, 15) is 18.9 Å². The minimum absolute atomic E-state index is 0.108. The number of hydrogen-bond acceptors (Lipinski definition) is 4. The number of halogens is 3. The molecule has 1 heterocycles. The van der Waals surface area contributed by atoms with E-state index in [1.54, 1.807) is 0 Å². The van der Waals surface area contributed by atoms with Gasteiger partial charge in [-0.3, -0.25) is 0 Å². The smallest absolute Gasteiger partial charge is 0.358 e. The first kappa shape index (κ1) is 11.7. The summed E-state index contributed by atoms with van der Waals surface area (Å²) in [6, 6.07) is 0. The van der Waals surface area contributed by atoms with Crippen LogP contribution in [0.25, 0.3) is 0 Å². The van der Waals surface area contributed by atoms with Crippen LogP contribution in [0, 0.1) is 10.1 Å². The molecule has 0 unspecified atom stereocenters. The number of nitrogens with two attached hydrogens (primary N) is 1. The van der Waals surface area contributed by atoms with Crippen molar-refractivity contribution in [2.24, 2.45) is 5.73 Å². The predicted octanol–water partition coefficient (Wildman–Crippen LogP) is 2.04. The number of rotatable bonds is 3. The Morgan fingerprint density at radius 2 is 2.27 bits per heavy atom. The summed E-state index contributed by atoms with van der Waals surface area (Å²) in [5.41, 5.74) is 4.47. The average Bonchev–Trinajstić information content (AvgIpc) is 2.16. The highest BCUT2D eigenvalue weighted by Gasteiger charge is 2.28. The van der Waals surface area contributed by atoms with Crippen LogP contribution in [-0.2, 0) is 6.54 Å². The second-order valence-electron chi connectivity index (χ2n) is 2.60. The molecule has 2 N–H and O–H groups in total. The van der Waals surface area contributed by atoms with Crippen LogP contribution in [-0.4, -0.2) is 9.91 Å². The van der Waals surface area contributed by atoms with Gasteiger partial charge in [0.1, 0.15) is 11.8 Å². The van der Waals surface area contributed by atoms with Gasteiger partial charge in [0.2, 0.25) is 0 Å². The molecule has 5 nitrogen and oxygen atoms in total. The molecule has 15 heavy (non-hydrogen) atoms. The van der Waals surface area contributed by atoms with E-state index >= 15 is 0 Å². The summed E-state index contributed by atoms with van der Waals surface area (Å²) in [4.78, 5) is 12.7. The van der Waals surface area contributed by atoms with Crippen molar-refractivity contribution in [1.29, 1.82) is 0 Å². The number of hydrogen-bond donors (Lipinski definition) is 1. The van der Waals surface area contributed by atoms with E-state index in [1.165, 1.54) is 0 Å². The monoisotopic (exact) mass is 237 g/mol. The Hall–Kier alpha value is -1.34. The number of nitro groups is 1. The van der Waals surface area contributed by atoms with Crippen LogP contribution in [0.1, 0.15) is 17.6 Å². The third-order valence-electron chi connectivity index (χ3n) is 1.71. The minimum atomic E-state index is -3.06. The van der Waals surface area contributed by atoms with Gasteiger partial charge in [-0.2, -0.15) is 0 Å². The minimum Gasteiger partial charge on any atom is -0.358 e. The second-order valence-corrected chi connectivity index (χ2v) is 2.97. The van der Waals surface area contributed by atoms with Crippen LogP contribution in [0.15, 0.2) is 6.20 Å². The molecule has 0 amide bonds. The Balaban J connectivity index is 3.44. The molecule has 0 aromatic carbocycles. The molecule has 0 atom stereocenters. The quantitative estimate of drug-likeness (QED) is 0.644. The van der Waals surface area contributed by atoms with E-state index in [1.807, 2.05) is 0 Å². The standard InChI is InChI=1S/C7H6ClF2N3O2/c8-5-3(1-11)2-12-7(13(14)15)4(5)6(9)10/h2,6H,1,11H2. The summed E-state index contributed by atoms with van der Waals surface area (Å²) < 4.78 is 25.0. The molecule has 0 fully saturated rings. The third kappa shape index (κ3) is 2.18. The maximum Gasteiger partial charge on any atom is 0.373 e. The first-order chi connectivity index (χ1) is 6.99. The summed E-state index contributed by atoms with van der Waals surface area (Å²) in [7, 11) is 0. The van der Waals surface area contributed by atoms with Crippen molar-refractivity contribution in [2.45, 2.75) is 13.0 Å². The molecule has 0 radical (unpaired) electrons. The Morgan fingerprint density at radius 1 is 1.67 bits per heavy atom. The van der Waals surface area contributed by atoms with Gasteiger partial charge in [-0.1, -0.05) is 11.6 Å². The molecule has 0 saturated heterocycles. The van der Waals surface area contributed by atoms with Crippen LogP contribution >= 0.6 is 11.6 Å². The van der Waals surface area contributed by atoms with Crippen molar-refractivity contribution in [2.75, 3.05) is 0 Å². The maximum absolute atomic E-state index is 12.5. The molecule has 82 valence electrons. The molecule has 0 bridgehead atoms. The molecule has 0 aliphatic carbocycles. The van der Waals surface area contributed by atoms with Crippen LogP contribution in [0.3, 0.4) is 0 Å². The van der Waals surface area contributed by atoms with E-state index in [0.29, 0.717) is 0 Å². The van der Waals surface area contributed by atoms with Crippen molar-refractivity contribution in [1.82, 2.24) is 4.98 Å². The summed E-state index contributed by atoms with van der Waals surface area (Å²) >= 11 is 5.55. The van der Waals surface area contributed by atoms with E-state index in [-0.39, 0.29) is 12.1 Å². The van der Waals surface area contributed by atoms with Crippen molar-refractivity contribution >= 4 is 17.4 Å². The van der Waals surface area contributed by atoms with Gasteiger partial charge in [0, 0.05) is 12.1 Å². The van der Waals surface area contributed by atoms with Gasteiger partial charge in [-0.05, 0) is 9.91 Å². The van der Waals surface area contributed by atoms with Crippen molar-refractivity contribution < 1.29 is 13.7 Å². The molecular weight excluding hydrogens is 232 g/mol. The highest BCUT2D eigenvalue weighted by atomic mass is 35.5. The molecule has 0 spiro atoms. The molecular formula is C7H6ClF2N3O2. The second kappa shape index (κ2) is 4.45. The van der Waals surface area contributed by atoms with Crippen LogP contribution in [0.5, 0.6) is 0 Å². The number of alkyl halides is 2. The lowest BCUT2D eigenvalue weighted by molar-refractivity contribution is -0.391. The van der Waals surface area contributed by atoms with Crippen molar-refractivity contribution in [3.05, 3.63) is 32.5 Å². The fraction of sp³-hybridized carbons (Fsp3) is 0.286. The van der Waals surface area contributed by atoms with Gasteiger partial charge >= 0.3 is 5.82 Å². The Morgan fingerprint density at radius 3 is 2.67 bits per heavy atom. The Labute approximate surface area is 88.0 Å². The maximum atomic E-state index is 12.5. The first-order valence-electron chi connectivity index (χ1n) is 3.79. The van der Waals surface area contributed by atoms with E-state index < -0.39 is 27.8 Å². The topological polar surface area (TPSA) is 82.0 Å². The number of nitrogens with zero attached hydrogens (tertiary/aromatic N) is 2. The van der Waals surface area contributed by atoms with E-state index in [0.717, 1.165) is 6.20 Å². The van der Waals surface area contributed by atoms with Crippen LogP contribution in [0.2, 0.25) is 5.02 Å². The van der Waals surface area contributed by atoms with Gasteiger partial charge in [-0.25, -0.2) is 8.78 Å². The van der Waals surface area contributed by atoms with Gasteiger partial charge in [-0.15, -0.1) is 0 Å². The fourth-order valence-electron chi connectivity index (χ4n) is 1.02. The summed E-state index contributed by atoms with van der Waals surface area (Å²) in [5, 5.41) is 10.0. The number of aromatic nitrogens is 1. The fourth-order valence-corrected chi connectivity index (χ4v) is 1.31. The molecule has 0 aliphatic rings. The first-order valence-corrected chi connectivity index (χ1v) is 4.16. The van der Waals surface area contributed by atoms with Crippen molar-refractivity contribution in [3.8, 4) is 0 Å². The molecule has 0 aliphatic heterocycles. The Bertz CT molecular complexity index is 400. The van der Waals surface area contributed by atoms with Gasteiger partial charge in [0.25, 0.3) is 6.43 Å². The summed E-state index contributed by atoms with van der Waals surface area (Å²) in [6.45, 7) is -0.108. The zero-order valence-corrected chi connectivity index (χ0v) is 8.04. The lowest BCUT2D eigenvalue weighted by Gasteiger charge is -2.06. The number of pyridine rings is 1. The molecule has 1 rings (SSSR count). The SMILES string of the molecule is NCc1cnc([N+](=O)[O-])c(C(F)F)c1Cl. The van der Waals surface area contributed by atoms with Crippen LogP contribution < -0.4 is 5.73 Å². The Kier molecular flexibility index (Phi) is 3.48. The zero-order chi connectivity index (χ0) is 11.6. The third-order valence-corrected chi connectivity index (χ3v) is 2.16. The highest BCUT2D eigenvalue weighted by molar-refractivity contribution is 6.32. The molecule has 0 saturated carbocycles. The van der Waals surface area contributed by atoms with Crippen molar-refractivity contribution in [3.63, 3.8) is 0 Å². The van der Waals surface area contributed by atoms with Gasteiger partial charge < -0.3 is 15.8 Å². The molecule has 8 heteroatoms. The molecule has 1 aromatic heterocycles. The van der Waals surface area contributed by atoms with Gasteiger partial charge in [0.05, 0.1) is 5.02 Å². The van der Waals surface area contributed by atoms with Gasteiger partial charge in [0.15, 0.2) is 0 Å². The zero-order valence-electron chi connectivity index (χ0n) is 7.28. The average molecular weight is 238 g/mol. The summed E-state index contributed by atoms with van der Waals surface area (Å²) in [5.74, 6) is -0.938. The lowest BCUT2D eigenvalue weighted by atomic mass is 10.2. The lowest BCUT2D eigenvalue weighted by Crippen LogP contribution is -2.05. The predicted molar refractivity (Wildman–Crippen MR) is 48.7 cm³/mol.